The van der Waals surface area contributed by atoms with E-state index in [1.807, 2.05) is 31.3 Å². The molecule has 0 saturated heterocycles. The van der Waals surface area contributed by atoms with Crippen LogP contribution in [0.15, 0.2) is 16.3 Å². The van der Waals surface area contributed by atoms with Gasteiger partial charge in [-0.1, -0.05) is 6.92 Å². The minimum atomic E-state index is -3.37. The fourth-order valence-electron chi connectivity index (χ4n) is 1.62. The summed E-state index contributed by atoms with van der Waals surface area (Å²) in [6, 6.07) is 1.67. The summed E-state index contributed by atoms with van der Waals surface area (Å²) in [4.78, 5) is 3.31. The highest BCUT2D eigenvalue weighted by Crippen LogP contribution is 2.21. The van der Waals surface area contributed by atoms with Crippen molar-refractivity contribution >= 4 is 21.4 Å². The first kappa shape index (κ1) is 16.6. The van der Waals surface area contributed by atoms with Crippen molar-refractivity contribution in [1.82, 2.24) is 14.9 Å². The molecule has 19 heavy (non-hydrogen) atoms. The second kappa shape index (κ2) is 7.96. The summed E-state index contributed by atoms with van der Waals surface area (Å²) >= 11 is 1.47. The van der Waals surface area contributed by atoms with Crippen LogP contribution < -0.4 is 10.0 Å². The monoisotopic (exact) mass is 305 g/mol. The quantitative estimate of drug-likeness (QED) is 0.671. The van der Waals surface area contributed by atoms with E-state index < -0.39 is 10.0 Å². The number of sulfonamides is 1. The molecule has 0 fully saturated rings. The van der Waals surface area contributed by atoms with Crippen LogP contribution in [0, 0.1) is 0 Å². The average molecular weight is 305 g/mol. The Balaban J connectivity index is 2.59. The van der Waals surface area contributed by atoms with E-state index in [1.165, 1.54) is 11.3 Å². The zero-order valence-corrected chi connectivity index (χ0v) is 13.4. The van der Waals surface area contributed by atoms with Crippen molar-refractivity contribution in [2.24, 2.45) is 0 Å². The van der Waals surface area contributed by atoms with Gasteiger partial charge in [0.25, 0.3) is 0 Å². The standard InChI is InChI=1S/C12H23N3O2S2/c1-4-13-10-11-12(6-9-18-11)19(16,17)14-7-5-8-15(2)3/h6,9,13-14H,4-5,7-8,10H2,1-3H3. The zero-order valence-electron chi connectivity index (χ0n) is 11.8. The van der Waals surface area contributed by atoms with Crippen molar-refractivity contribution in [3.63, 3.8) is 0 Å². The van der Waals surface area contributed by atoms with Gasteiger partial charge >= 0.3 is 0 Å². The van der Waals surface area contributed by atoms with Gasteiger partial charge in [-0.2, -0.15) is 0 Å². The minimum Gasteiger partial charge on any atom is -0.312 e. The summed E-state index contributed by atoms with van der Waals surface area (Å²) in [5, 5.41) is 4.98. The van der Waals surface area contributed by atoms with Gasteiger partial charge in [0.1, 0.15) is 0 Å². The second-order valence-electron chi connectivity index (χ2n) is 4.54. The highest BCUT2D eigenvalue weighted by atomic mass is 32.2. The smallest absolute Gasteiger partial charge is 0.241 e. The van der Waals surface area contributed by atoms with Crippen molar-refractivity contribution in [2.75, 3.05) is 33.7 Å². The normalized spacial score (nSPS) is 12.2. The molecule has 1 aromatic heterocycles. The van der Waals surface area contributed by atoms with Crippen molar-refractivity contribution in [1.29, 1.82) is 0 Å². The van der Waals surface area contributed by atoms with Crippen LogP contribution in [-0.2, 0) is 16.6 Å². The van der Waals surface area contributed by atoms with Crippen LogP contribution in [0.2, 0.25) is 0 Å². The molecule has 0 amide bonds. The SMILES string of the molecule is CCNCc1sccc1S(=O)(=O)NCCCN(C)C. The summed E-state index contributed by atoms with van der Waals surface area (Å²) in [6.07, 6.45) is 0.804. The molecule has 0 aliphatic rings. The van der Waals surface area contributed by atoms with Crippen LogP contribution >= 0.6 is 11.3 Å². The predicted molar refractivity (Wildman–Crippen MR) is 80.1 cm³/mol. The lowest BCUT2D eigenvalue weighted by molar-refractivity contribution is 0.400. The molecule has 1 heterocycles. The lowest BCUT2D eigenvalue weighted by Crippen LogP contribution is -2.28. The predicted octanol–water partition coefficient (Wildman–Crippen LogP) is 1.09. The maximum absolute atomic E-state index is 12.2. The molecule has 0 bridgehead atoms. The third kappa shape index (κ3) is 5.58. The molecule has 0 aromatic carbocycles. The average Bonchev–Trinajstić information content (AvgIpc) is 2.81. The first-order chi connectivity index (χ1) is 8.97. The molecule has 5 nitrogen and oxygen atoms in total. The molecule has 0 aliphatic carbocycles. The minimum absolute atomic E-state index is 0.406. The maximum Gasteiger partial charge on any atom is 0.241 e. The fourth-order valence-corrected chi connectivity index (χ4v) is 4.10. The van der Waals surface area contributed by atoms with Gasteiger partial charge in [0, 0.05) is 18.0 Å². The van der Waals surface area contributed by atoms with E-state index in [2.05, 4.69) is 10.0 Å². The molecule has 0 radical (unpaired) electrons. The van der Waals surface area contributed by atoms with Crippen LogP contribution in [0.1, 0.15) is 18.2 Å². The van der Waals surface area contributed by atoms with Crippen LogP contribution in [0.3, 0.4) is 0 Å². The Morgan fingerprint density at radius 1 is 1.37 bits per heavy atom. The van der Waals surface area contributed by atoms with Gasteiger partial charge < -0.3 is 10.2 Å². The molecule has 0 saturated carbocycles. The van der Waals surface area contributed by atoms with Gasteiger partial charge in [0.05, 0.1) is 4.90 Å². The molecule has 2 N–H and O–H groups in total. The first-order valence-corrected chi connectivity index (χ1v) is 8.75. The molecular weight excluding hydrogens is 282 g/mol. The van der Waals surface area contributed by atoms with E-state index >= 15 is 0 Å². The highest BCUT2D eigenvalue weighted by molar-refractivity contribution is 7.89. The Labute approximate surface area is 120 Å². The largest absolute Gasteiger partial charge is 0.312 e. The molecule has 110 valence electrons. The van der Waals surface area contributed by atoms with Crippen molar-refractivity contribution in [3.05, 3.63) is 16.3 Å². The lowest BCUT2D eigenvalue weighted by atomic mass is 10.4. The Morgan fingerprint density at radius 3 is 2.74 bits per heavy atom. The van der Waals surface area contributed by atoms with Gasteiger partial charge in [-0.3, -0.25) is 0 Å². The second-order valence-corrected chi connectivity index (χ2v) is 7.28. The summed E-state index contributed by atoms with van der Waals surface area (Å²) in [6.45, 7) is 4.77. The van der Waals surface area contributed by atoms with E-state index in [1.54, 1.807) is 6.07 Å². The van der Waals surface area contributed by atoms with Gasteiger partial charge in [-0.05, 0) is 45.1 Å². The molecule has 0 unspecified atom stereocenters. The van der Waals surface area contributed by atoms with Gasteiger partial charge in [0.2, 0.25) is 10.0 Å². The number of hydrogen-bond acceptors (Lipinski definition) is 5. The molecule has 0 aliphatic heterocycles. The Kier molecular flexibility index (Phi) is 6.95. The molecular formula is C12H23N3O2S2. The van der Waals surface area contributed by atoms with E-state index in [-0.39, 0.29) is 0 Å². The molecule has 7 heteroatoms. The van der Waals surface area contributed by atoms with Crippen LogP contribution in [0.25, 0.3) is 0 Å². The van der Waals surface area contributed by atoms with Crippen molar-refractivity contribution < 1.29 is 8.42 Å². The molecule has 0 spiro atoms. The number of hydrogen-bond donors (Lipinski definition) is 2. The van der Waals surface area contributed by atoms with Crippen LogP contribution in [-0.4, -0.2) is 47.0 Å². The maximum atomic E-state index is 12.2. The third-order valence-corrected chi connectivity index (χ3v) is 5.20. The summed E-state index contributed by atoms with van der Waals surface area (Å²) in [7, 11) is 0.574. The van der Waals surface area contributed by atoms with E-state index in [9.17, 15) is 8.42 Å². The Morgan fingerprint density at radius 2 is 2.11 bits per heavy atom. The number of nitrogens with one attached hydrogen (secondary N) is 2. The highest BCUT2D eigenvalue weighted by Gasteiger charge is 2.18. The Hall–Kier alpha value is -0.470. The van der Waals surface area contributed by atoms with E-state index in [0.29, 0.717) is 18.0 Å². The zero-order chi connectivity index (χ0) is 14.3. The van der Waals surface area contributed by atoms with Crippen molar-refractivity contribution in [3.8, 4) is 0 Å². The van der Waals surface area contributed by atoms with Crippen molar-refractivity contribution in [2.45, 2.75) is 24.8 Å². The molecule has 1 aromatic rings. The number of thiophene rings is 1. The van der Waals surface area contributed by atoms with Crippen LogP contribution in [0.4, 0.5) is 0 Å². The fraction of sp³-hybridized carbons (Fsp3) is 0.667. The third-order valence-electron chi connectivity index (χ3n) is 2.60. The van der Waals surface area contributed by atoms with Gasteiger partial charge in [0.15, 0.2) is 0 Å². The van der Waals surface area contributed by atoms with Crippen LogP contribution in [0.5, 0.6) is 0 Å². The Bertz CT molecular complexity index is 469. The van der Waals surface area contributed by atoms with E-state index in [0.717, 1.165) is 24.4 Å². The topological polar surface area (TPSA) is 61.4 Å². The summed E-state index contributed by atoms with van der Waals surface area (Å²) in [5.74, 6) is 0. The number of rotatable bonds is 9. The molecule has 1 rings (SSSR count). The number of nitrogens with zero attached hydrogens (tertiary/aromatic N) is 1. The van der Waals surface area contributed by atoms with Gasteiger partial charge in [-0.15, -0.1) is 11.3 Å². The summed E-state index contributed by atoms with van der Waals surface area (Å²) in [5.41, 5.74) is 0. The lowest BCUT2D eigenvalue weighted by Gasteiger charge is -2.11. The van der Waals surface area contributed by atoms with E-state index in [4.69, 9.17) is 0 Å². The summed E-state index contributed by atoms with van der Waals surface area (Å²) < 4.78 is 27.0. The molecule has 0 atom stereocenters. The first-order valence-electron chi connectivity index (χ1n) is 6.39. The van der Waals surface area contributed by atoms with Gasteiger partial charge in [-0.25, -0.2) is 13.1 Å².